The van der Waals surface area contributed by atoms with Gasteiger partial charge >= 0.3 is 0 Å². The van der Waals surface area contributed by atoms with Crippen molar-refractivity contribution in [1.82, 2.24) is 0 Å². The molecule has 0 spiro atoms. The normalized spacial score (nSPS) is 13.1. The summed E-state index contributed by atoms with van der Waals surface area (Å²) in [6.07, 6.45) is 6.27. The molecule has 0 unspecified atom stereocenters. The minimum atomic E-state index is 0.345. The molecule has 1 aliphatic heterocycles. The Morgan fingerprint density at radius 3 is 2.80 bits per heavy atom. The van der Waals surface area contributed by atoms with Crippen molar-refractivity contribution >= 4 is 10.8 Å². The van der Waals surface area contributed by atoms with Crippen molar-refractivity contribution < 1.29 is 9.47 Å². The van der Waals surface area contributed by atoms with E-state index in [0.29, 0.717) is 6.79 Å². The molecule has 1 heterocycles. The molecule has 2 heteroatoms. The first-order valence-corrected chi connectivity index (χ1v) is 7.61. The number of benzene rings is 2. The van der Waals surface area contributed by atoms with E-state index in [4.69, 9.17) is 9.47 Å². The number of hydrogen-bond acceptors (Lipinski definition) is 2. The molecule has 3 rings (SSSR count). The fourth-order valence-corrected chi connectivity index (χ4v) is 3.01. The smallest absolute Gasteiger partial charge is 0.231 e. The molecule has 0 aromatic heterocycles. The second-order valence-electron chi connectivity index (χ2n) is 5.63. The van der Waals surface area contributed by atoms with Gasteiger partial charge in [0.1, 0.15) is 0 Å². The molecule has 20 heavy (non-hydrogen) atoms. The molecule has 0 saturated carbocycles. The minimum Gasteiger partial charge on any atom is -0.454 e. The van der Waals surface area contributed by atoms with Crippen molar-refractivity contribution in [2.24, 2.45) is 0 Å². The van der Waals surface area contributed by atoms with Crippen molar-refractivity contribution in [3.05, 3.63) is 35.4 Å². The lowest BCUT2D eigenvalue weighted by atomic mass is 9.96. The Hall–Kier alpha value is -1.70. The lowest BCUT2D eigenvalue weighted by Gasteiger charge is -2.11. The molecule has 2 aromatic carbocycles. The maximum atomic E-state index is 5.70. The van der Waals surface area contributed by atoms with Crippen LogP contribution in [0.1, 0.15) is 43.7 Å². The van der Waals surface area contributed by atoms with Crippen LogP contribution in [0.25, 0.3) is 10.8 Å². The molecule has 2 aromatic rings. The summed E-state index contributed by atoms with van der Waals surface area (Å²) in [5, 5.41) is 2.52. The van der Waals surface area contributed by atoms with E-state index in [1.165, 1.54) is 47.6 Å². The topological polar surface area (TPSA) is 18.5 Å². The molecule has 0 fully saturated rings. The lowest BCUT2D eigenvalue weighted by Crippen LogP contribution is -1.94. The van der Waals surface area contributed by atoms with Crippen molar-refractivity contribution in [2.75, 3.05) is 6.79 Å². The van der Waals surface area contributed by atoms with Gasteiger partial charge in [-0.25, -0.2) is 0 Å². The number of hydrogen-bond donors (Lipinski definition) is 0. The largest absolute Gasteiger partial charge is 0.454 e. The fourth-order valence-electron chi connectivity index (χ4n) is 3.01. The summed E-state index contributed by atoms with van der Waals surface area (Å²) in [5.41, 5.74) is 2.72. The molecule has 0 atom stereocenters. The average molecular weight is 270 g/mol. The van der Waals surface area contributed by atoms with E-state index in [2.05, 4.69) is 32.0 Å². The van der Waals surface area contributed by atoms with Crippen LogP contribution < -0.4 is 9.47 Å². The van der Waals surface area contributed by atoms with Crippen molar-refractivity contribution in [3.8, 4) is 11.5 Å². The molecule has 1 aliphatic rings. The summed E-state index contributed by atoms with van der Waals surface area (Å²) < 4.78 is 11.2. The highest BCUT2D eigenvalue weighted by molar-refractivity contribution is 5.94. The molecule has 0 radical (unpaired) electrons. The number of unbranched alkanes of at least 4 members (excludes halogenated alkanes) is 3. The average Bonchev–Trinajstić information content (AvgIpc) is 2.91. The number of aryl methyl sites for hydroxylation is 2. The minimum absolute atomic E-state index is 0.345. The van der Waals surface area contributed by atoms with E-state index in [9.17, 15) is 0 Å². The molecule has 2 nitrogen and oxygen atoms in total. The van der Waals surface area contributed by atoms with E-state index in [1.807, 2.05) is 6.07 Å². The summed E-state index contributed by atoms with van der Waals surface area (Å²) in [5.74, 6) is 1.82. The van der Waals surface area contributed by atoms with Crippen molar-refractivity contribution in [2.45, 2.75) is 46.0 Å². The van der Waals surface area contributed by atoms with Crippen LogP contribution in [0.4, 0.5) is 0 Å². The van der Waals surface area contributed by atoms with E-state index >= 15 is 0 Å². The zero-order valence-electron chi connectivity index (χ0n) is 12.4. The van der Waals surface area contributed by atoms with E-state index in [1.54, 1.807) is 0 Å². The van der Waals surface area contributed by atoms with E-state index in [-0.39, 0.29) is 0 Å². The van der Waals surface area contributed by atoms with Crippen LogP contribution in [-0.4, -0.2) is 6.79 Å². The summed E-state index contributed by atoms with van der Waals surface area (Å²) in [6.45, 7) is 4.76. The van der Waals surface area contributed by atoms with Gasteiger partial charge in [0.05, 0.1) is 0 Å². The van der Waals surface area contributed by atoms with Crippen LogP contribution in [0.2, 0.25) is 0 Å². The summed E-state index contributed by atoms with van der Waals surface area (Å²) in [4.78, 5) is 0. The maximum Gasteiger partial charge on any atom is 0.231 e. The van der Waals surface area contributed by atoms with Crippen LogP contribution in [0.5, 0.6) is 11.5 Å². The zero-order valence-corrected chi connectivity index (χ0v) is 12.4. The molecule has 0 aliphatic carbocycles. The van der Waals surface area contributed by atoms with Gasteiger partial charge in [0, 0.05) is 5.39 Å². The van der Waals surface area contributed by atoms with Crippen LogP contribution in [-0.2, 0) is 6.42 Å². The first kappa shape index (κ1) is 13.3. The number of ether oxygens (including phenoxy) is 2. The Bertz CT molecular complexity index is 616. The van der Waals surface area contributed by atoms with Crippen LogP contribution >= 0.6 is 0 Å². The Labute approximate surface area is 120 Å². The van der Waals surface area contributed by atoms with Gasteiger partial charge in [-0.1, -0.05) is 49.9 Å². The standard InChI is InChI=1S/C18H22O2/c1-3-4-5-6-7-14-10-13(2)11-15-8-9-16-18(17(14)15)20-12-19-16/h8-11H,3-7,12H2,1-2H3. The van der Waals surface area contributed by atoms with Gasteiger partial charge in [0.15, 0.2) is 11.5 Å². The first-order chi connectivity index (χ1) is 9.79. The third kappa shape index (κ3) is 2.47. The maximum absolute atomic E-state index is 5.70. The molecule has 0 saturated heterocycles. The highest BCUT2D eigenvalue weighted by atomic mass is 16.7. The number of rotatable bonds is 5. The van der Waals surface area contributed by atoms with Gasteiger partial charge in [0.25, 0.3) is 0 Å². The SMILES string of the molecule is CCCCCCc1cc(C)cc2ccc3c(c12)OCO3. The quantitative estimate of drug-likeness (QED) is 0.712. The fraction of sp³-hybridized carbons (Fsp3) is 0.444. The molecular formula is C18H22O2. The second-order valence-corrected chi connectivity index (χ2v) is 5.63. The van der Waals surface area contributed by atoms with Crippen molar-refractivity contribution in [1.29, 1.82) is 0 Å². The van der Waals surface area contributed by atoms with Crippen molar-refractivity contribution in [3.63, 3.8) is 0 Å². The molecule has 0 N–H and O–H groups in total. The highest BCUT2D eigenvalue weighted by Gasteiger charge is 2.19. The van der Waals surface area contributed by atoms with Gasteiger partial charge < -0.3 is 9.47 Å². The van der Waals surface area contributed by atoms with Gasteiger partial charge in [-0.3, -0.25) is 0 Å². The third-order valence-electron chi connectivity index (χ3n) is 3.98. The predicted molar refractivity (Wildman–Crippen MR) is 82.7 cm³/mol. The van der Waals surface area contributed by atoms with Crippen LogP contribution in [0.15, 0.2) is 24.3 Å². The molecular weight excluding hydrogens is 248 g/mol. The lowest BCUT2D eigenvalue weighted by molar-refractivity contribution is 0.175. The van der Waals surface area contributed by atoms with E-state index < -0.39 is 0 Å². The predicted octanol–water partition coefficient (Wildman–Crippen LogP) is 5.00. The Kier molecular flexibility index (Phi) is 3.81. The Balaban J connectivity index is 1.98. The summed E-state index contributed by atoms with van der Waals surface area (Å²) >= 11 is 0. The van der Waals surface area contributed by atoms with Crippen LogP contribution in [0.3, 0.4) is 0 Å². The van der Waals surface area contributed by atoms with E-state index in [0.717, 1.165) is 17.9 Å². The monoisotopic (exact) mass is 270 g/mol. The molecule has 106 valence electrons. The van der Waals surface area contributed by atoms with Gasteiger partial charge in [-0.2, -0.15) is 0 Å². The van der Waals surface area contributed by atoms with Crippen LogP contribution in [0, 0.1) is 6.92 Å². The van der Waals surface area contributed by atoms with Gasteiger partial charge in [0.2, 0.25) is 6.79 Å². The second kappa shape index (κ2) is 5.74. The Morgan fingerprint density at radius 1 is 1.05 bits per heavy atom. The highest BCUT2D eigenvalue weighted by Crippen LogP contribution is 2.41. The molecule has 0 bridgehead atoms. The molecule has 0 amide bonds. The zero-order chi connectivity index (χ0) is 13.9. The van der Waals surface area contributed by atoms with Gasteiger partial charge in [-0.15, -0.1) is 0 Å². The third-order valence-corrected chi connectivity index (χ3v) is 3.98. The Morgan fingerprint density at radius 2 is 1.95 bits per heavy atom. The summed E-state index contributed by atoms with van der Waals surface area (Å²) in [7, 11) is 0. The summed E-state index contributed by atoms with van der Waals surface area (Å²) in [6, 6.07) is 8.69. The number of fused-ring (bicyclic) bond motifs is 3. The van der Waals surface area contributed by atoms with Gasteiger partial charge in [-0.05, 0) is 36.8 Å². The first-order valence-electron chi connectivity index (χ1n) is 7.61.